The van der Waals surface area contributed by atoms with Gasteiger partial charge in [0, 0.05) is 45.8 Å². The molecule has 0 atom stereocenters. The standard InChI is InChI=1S/C33H21ClFN3O3/c34-24-11-7-21(8-12-24)19-37-20-28(27-5-1-2-6-30(27)37)31(39)33(41)38(32(40)22-9-13-25(35)14-10-22)26-15-16-29-23(18-26)4-3-17-36-29/h1-18,20H,19H2. The van der Waals surface area contributed by atoms with E-state index in [-0.39, 0.29) is 16.8 Å². The van der Waals surface area contributed by atoms with Crippen LogP contribution in [0.1, 0.15) is 26.3 Å². The van der Waals surface area contributed by atoms with Gasteiger partial charge in [-0.2, -0.15) is 0 Å². The molecule has 41 heavy (non-hydrogen) atoms. The Labute approximate surface area is 239 Å². The molecule has 6 rings (SSSR count). The quantitative estimate of drug-likeness (QED) is 0.161. The van der Waals surface area contributed by atoms with E-state index >= 15 is 0 Å². The van der Waals surface area contributed by atoms with Crippen molar-refractivity contribution in [3.8, 4) is 0 Å². The molecule has 0 aliphatic carbocycles. The van der Waals surface area contributed by atoms with Crippen LogP contribution >= 0.6 is 11.6 Å². The minimum Gasteiger partial charge on any atom is -0.342 e. The maximum Gasteiger partial charge on any atom is 0.306 e. The minimum atomic E-state index is -1.03. The van der Waals surface area contributed by atoms with Gasteiger partial charge in [0.05, 0.1) is 16.8 Å². The number of halogens is 2. The summed E-state index contributed by atoms with van der Waals surface area (Å²) in [6.45, 7) is 0.440. The fourth-order valence-electron chi connectivity index (χ4n) is 4.81. The molecule has 4 aromatic carbocycles. The molecule has 2 heterocycles. The molecule has 0 aliphatic rings. The van der Waals surface area contributed by atoms with Crippen molar-refractivity contribution < 1.29 is 18.8 Å². The monoisotopic (exact) mass is 561 g/mol. The number of imide groups is 1. The Kier molecular flexibility index (Phi) is 6.87. The first-order chi connectivity index (χ1) is 19.9. The van der Waals surface area contributed by atoms with E-state index in [1.54, 1.807) is 67.0 Å². The van der Waals surface area contributed by atoms with E-state index < -0.39 is 23.4 Å². The average Bonchev–Trinajstić information content (AvgIpc) is 3.36. The second-order valence-corrected chi connectivity index (χ2v) is 9.91. The van der Waals surface area contributed by atoms with Crippen molar-refractivity contribution in [2.75, 3.05) is 4.90 Å². The third-order valence-corrected chi connectivity index (χ3v) is 7.09. The fraction of sp³-hybridized carbons (Fsp3) is 0.0303. The zero-order valence-electron chi connectivity index (χ0n) is 21.5. The van der Waals surface area contributed by atoms with E-state index in [1.165, 1.54) is 12.1 Å². The van der Waals surface area contributed by atoms with Crippen molar-refractivity contribution >= 4 is 56.7 Å². The average molecular weight is 562 g/mol. The number of ketones is 1. The normalized spacial score (nSPS) is 11.1. The number of Topliss-reactive ketones (excluding diaryl/α,β-unsaturated/α-hetero) is 1. The van der Waals surface area contributed by atoms with Gasteiger partial charge in [-0.15, -0.1) is 0 Å². The molecule has 0 saturated heterocycles. The molecular weight excluding hydrogens is 541 g/mol. The molecule has 200 valence electrons. The number of carbonyl (C=O) groups excluding carboxylic acids is 3. The van der Waals surface area contributed by atoms with Crippen molar-refractivity contribution in [3.05, 3.63) is 143 Å². The van der Waals surface area contributed by atoms with Crippen LogP contribution in [-0.2, 0) is 11.3 Å². The second-order valence-electron chi connectivity index (χ2n) is 9.48. The molecule has 0 spiro atoms. The Balaban J connectivity index is 1.43. The Bertz CT molecular complexity index is 1950. The van der Waals surface area contributed by atoms with Gasteiger partial charge < -0.3 is 4.57 Å². The SMILES string of the molecule is O=C(C(=O)N(C(=O)c1ccc(F)cc1)c1ccc2ncccc2c1)c1cn(Cc2ccc(Cl)cc2)c2ccccc12. The highest BCUT2D eigenvalue weighted by atomic mass is 35.5. The van der Waals surface area contributed by atoms with Crippen LogP contribution in [0.25, 0.3) is 21.8 Å². The van der Waals surface area contributed by atoms with Gasteiger partial charge in [0.1, 0.15) is 5.82 Å². The van der Waals surface area contributed by atoms with Gasteiger partial charge in [-0.25, -0.2) is 9.29 Å². The van der Waals surface area contributed by atoms with E-state index in [2.05, 4.69) is 4.98 Å². The maximum atomic E-state index is 14.0. The second kappa shape index (κ2) is 10.8. The number of fused-ring (bicyclic) bond motifs is 2. The summed E-state index contributed by atoms with van der Waals surface area (Å²) in [4.78, 5) is 46.7. The van der Waals surface area contributed by atoms with Crippen LogP contribution < -0.4 is 4.90 Å². The molecule has 0 aliphatic heterocycles. The fourth-order valence-corrected chi connectivity index (χ4v) is 4.94. The Morgan fingerprint density at radius 3 is 2.39 bits per heavy atom. The predicted octanol–water partition coefficient (Wildman–Crippen LogP) is 7.09. The van der Waals surface area contributed by atoms with Crippen LogP contribution in [0.4, 0.5) is 10.1 Å². The summed E-state index contributed by atoms with van der Waals surface area (Å²) in [6.07, 6.45) is 3.27. The highest BCUT2D eigenvalue weighted by Gasteiger charge is 2.32. The lowest BCUT2D eigenvalue weighted by atomic mass is 10.1. The molecule has 2 amide bonds. The zero-order chi connectivity index (χ0) is 28.5. The van der Waals surface area contributed by atoms with Gasteiger partial charge in [0.25, 0.3) is 11.7 Å². The number of anilines is 1. The van der Waals surface area contributed by atoms with Crippen LogP contribution in [0.2, 0.25) is 5.02 Å². The third-order valence-electron chi connectivity index (χ3n) is 6.84. The molecule has 6 aromatic rings. The van der Waals surface area contributed by atoms with Crippen LogP contribution in [0.5, 0.6) is 0 Å². The van der Waals surface area contributed by atoms with Crippen LogP contribution in [0.15, 0.2) is 116 Å². The first-order valence-electron chi connectivity index (χ1n) is 12.7. The molecule has 8 heteroatoms. The number of aromatic nitrogens is 2. The Hall–Kier alpha value is -5.14. The minimum absolute atomic E-state index is 0.0593. The van der Waals surface area contributed by atoms with E-state index in [4.69, 9.17) is 11.6 Å². The topological polar surface area (TPSA) is 72.3 Å². The molecule has 0 N–H and O–H groups in total. The number of pyridine rings is 1. The van der Waals surface area contributed by atoms with Gasteiger partial charge >= 0.3 is 5.91 Å². The lowest BCUT2D eigenvalue weighted by Gasteiger charge is -2.21. The summed E-state index contributed by atoms with van der Waals surface area (Å²) >= 11 is 6.04. The third kappa shape index (κ3) is 5.11. The van der Waals surface area contributed by atoms with Crippen molar-refractivity contribution in [1.29, 1.82) is 0 Å². The number of carbonyl (C=O) groups is 3. The Morgan fingerprint density at radius 1 is 0.854 bits per heavy atom. The van der Waals surface area contributed by atoms with Gasteiger partial charge in [-0.05, 0) is 72.3 Å². The molecule has 0 radical (unpaired) electrons. The number of benzene rings is 4. The first-order valence-corrected chi connectivity index (χ1v) is 13.1. The summed E-state index contributed by atoms with van der Waals surface area (Å²) in [5.41, 5.74) is 2.80. The summed E-state index contributed by atoms with van der Waals surface area (Å²) in [5, 5.41) is 1.88. The highest BCUT2D eigenvalue weighted by Crippen LogP contribution is 2.27. The van der Waals surface area contributed by atoms with Gasteiger partial charge in [0.2, 0.25) is 0 Å². The van der Waals surface area contributed by atoms with Crippen molar-refractivity contribution in [1.82, 2.24) is 9.55 Å². The molecule has 0 saturated carbocycles. The van der Waals surface area contributed by atoms with Crippen molar-refractivity contribution in [2.24, 2.45) is 0 Å². The Morgan fingerprint density at radius 2 is 1.61 bits per heavy atom. The smallest absolute Gasteiger partial charge is 0.306 e. The van der Waals surface area contributed by atoms with E-state index in [0.717, 1.165) is 28.1 Å². The number of rotatable bonds is 6. The first kappa shape index (κ1) is 26.1. The number of nitrogens with zero attached hydrogens (tertiary/aromatic N) is 3. The molecule has 6 nitrogen and oxygen atoms in total. The van der Waals surface area contributed by atoms with Crippen molar-refractivity contribution in [2.45, 2.75) is 6.54 Å². The lowest BCUT2D eigenvalue weighted by molar-refractivity contribution is -0.114. The molecular formula is C33H21ClFN3O3. The van der Waals surface area contributed by atoms with Crippen LogP contribution in [0.3, 0.4) is 0 Å². The summed E-state index contributed by atoms with van der Waals surface area (Å²) in [5.74, 6) is -3.16. The maximum absolute atomic E-state index is 14.0. The van der Waals surface area contributed by atoms with Crippen molar-refractivity contribution in [3.63, 3.8) is 0 Å². The molecule has 0 fully saturated rings. The van der Waals surface area contributed by atoms with Gasteiger partial charge in [-0.3, -0.25) is 19.4 Å². The molecule has 2 aromatic heterocycles. The number of amides is 2. The summed E-state index contributed by atoms with van der Waals surface area (Å²) in [6, 6.07) is 27.8. The summed E-state index contributed by atoms with van der Waals surface area (Å²) in [7, 11) is 0. The summed E-state index contributed by atoms with van der Waals surface area (Å²) < 4.78 is 15.5. The lowest BCUT2D eigenvalue weighted by Crippen LogP contribution is -2.41. The number of para-hydroxylation sites is 1. The molecule has 0 bridgehead atoms. The van der Waals surface area contributed by atoms with E-state index in [0.29, 0.717) is 27.9 Å². The largest absolute Gasteiger partial charge is 0.342 e. The van der Waals surface area contributed by atoms with Gasteiger partial charge in [0.15, 0.2) is 0 Å². The molecule has 0 unspecified atom stereocenters. The van der Waals surface area contributed by atoms with Crippen LogP contribution in [0, 0.1) is 5.82 Å². The number of hydrogen-bond acceptors (Lipinski definition) is 4. The highest BCUT2D eigenvalue weighted by molar-refractivity contribution is 6.53. The van der Waals surface area contributed by atoms with Crippen LogP contribution in [-0.4, -0.2) is 27.1 Å². The van der Waals surface area contributed by atoms with E-state index in [9.17, 15) is 18.8 Å². The van der Waals surface area contributed by atoms with E-state index in [1.807, 2.05) is 28.8 Å². The number of hydrogen-bond donors (Lipinski definition) is 0. The predicted molar refractivity (Wildman–Crippen MR) is 157 cm³/mol. The zero-order valence-corrected chi connectivity index (χ0v) is 22.3. The van der Waals surface area contributed by atoms with Gasteiger partial charge in [-0.1, -0.05) is 48.0 Å².